The van der Waals surface area contributed by atoms with E-state index in [-0.39, 0.29) is 23.6 Å². The van der Waals surface area contributed by atoms with Gasteiger partial charge in [-0.2, -0.15) is 10.4 Å². The van der Waals surface area contributed by atoms with Crippen molar-refractivity contribution in [2.75, 3.05) is 19.2 Å². The quantitative estimate of drug-likeness (QED) is 0.187. The molecule has 0 atom stereocenters. The predicted octanol–water partition coefficient (Wildman–Crippen LogP) is 2.28. The van der Waals surface area contributed by atoms with Crippen LogP contribution in [0.4, 0.5) is 0 Å². The third kappa shape index (κ3) is 6.07. The van der Waals surface area contributed by atoms with E-state index >= 15 is 0 Å². The Morgan fingerprint density at radius 3 is 2.12 bits per heavy atom. The van der Waals surface area contributed by atoms with Gasteiger partial charge in [0.25, 0.3) is 0 Å². The molecule has 0 aliphatic carbocycles. The Bertz CT molecular complexity index is 1580. The van der Waals surface area contributed by atoms with Gasteiger partial charge in [0, 0.05) is 27.3 Å². The van der Waals surface area contributed by atoms with E-state index in [1.54, 1.807) is 20.1 Å². The average molecular weight is 612 g/mol. The number of amidine groups is 1. The molecule has 0 unspecified atom stereocenters. The minimum atomic E-state index is -2.44. The summed E-state index contributed by atoms with van der Waals surface area (Å²) in [6, 6.07) is 20.3. The Hall–Kier alpha value is -3.54. The number of allylic oxidation sites excluding steroid dienone is 1. The fourth-order valence-electron chi connectivity index (χ4n) is 4.42. The molecule has 0 fully saturated rings. The number of guanidine groups is 1. The second-order valence-corrected chi connectivity index (χ2v) is 14.4. The van der Waals surface area contributed by atoms with Crippen molar-refractivity contribution in [1.82, 2.24) is 30.7 Å². The summed E-state index contributed by atoms with van der Waals surface area (Å²) in [6.07, 6.45) is 3.64. The molecule has 1 aromatic heterocycles. The van der Waals surface area contributed by atoms with Gasteiger partial charge in [-0.1, -0.05) is 84.2 Å². The van der Waals surface area contributed by atoms with E-state index in [9.17, 15) is 9.90 Å². The van der Waals surface area contributed by atoms with Crippen LogP contribution in [-0.2, 0) is 0 Å². The molecule has 14 heteroatoms. The summed E-state index contributed by atoms with van der Waals surface area (Å²) in [7, 11) is -2.44. The molecule has 2 N–H and O–H groups in total. The van der Waals surface area contributed by atoms with Gasteiger partial charge in [-0.3, -0.25) is 10.2 Å². The molecule has 0 amide bonds. The normalized spacial score (nSPS) is 14.2. The van der Waals surface area contributed by atoms with E-state index in [4.69, 9.17) is 5.10 Å². The standard InChI is InChI=1S/C27H34N9O2PS2/c1-18(2)36(39(5,21-14-10-8-11-15-21)22-16-12-9-13-17-22)25(32-34-23(37)19(3)28-30-26(34)40-6)33-35-24(38)20(4)29-31-27(35)41-7/h8-18H,1-7H3,(H2-,28,29,32,33,37,38). The topological polar surface area (TPSA) is 126 Å². The van der Waals surface area contributed by atoms with Gasteiger partial charge in [0.05, 0.1) is 13.1 Å². The highest BCUT2D eigenvalue weighted by atomic mass is 32.2. The number of hydrogen-bond donors (Lipinski definition) is 2. The van der Waals surface area contributed by atoms with E-state index < -0.39 is 12.6 Å². The molecule has 11 nitrogen and oxygen atoms in total. The van der Waals surface area contributed by atoms with Gasteiger partial charge in [-0.15, -0.1) is 20.0 Å². The number of hydrogen-bond acceptors (Lipinski definition) is 10. The molecule has 3 aromatic rings. The number of nitrogens with one attached hydrogen (secondary N) is 2. The fourth-order valence-corrected chi connectivity index (χ4v) is 8.98. The minimum Gasteiger partial charge on any atom is -0.856 e. The van der Waals surface area contributed by atoms with Crippen molar-refractivity contribution >= 4 is 52.3 Å². The van der Waals surface area contributed by atoms with Crippen molar-refractivity contribution in [2.45, 2.75) is 38.9 Å². The molecular weight excluding hydrogens is 577 g/mol. The molecule has 0 spiro atoms. The van der Waals surface area contributed by atoms with Crippen LogP contribution in [0.15, 0.2) is 92.4 Å². The Labute approximate surface area is 248 Å². The first-order valence-corrected chi connectivity index (χ1v) is 17.5. The summed E-state index contributed by atoms with van der Waals surface area (Å²) in [4.78, 5) is 13.4. The maximum atomic E-state index is 13.4. The third-order valence-electron chi connectivity index (χ3n) is 6.43. The first-order valence-electron chi connectivity index (χ1n) is 12.8. The summed E-state index contributed by atoms with van der Waals surface area (Å²) in [5, 5.41) is 35.2. The molecule has 1 aliphatic rings. The van der Waals surface area contributed by atoms with Gasteiger partial charge >= 0.3 is 11.5 Å². The minimum absolute atomic E-state index is 0.123. The number of benzene rings is 2. The monoisotopic (exact) mass is 611 g/mol. The lowest BCUT2D eigenvalue weighted by Gasteiger charge is -2.35. The summed E-state index contributed by atoms with van der Waals surface area (Å²) in [6.45, 7) is 9.60. The number of hydrazine groups is 1. The van der Waals surface area contributed by atoms with Crippen LogP contribution in [0.5, 0.6) is 0 Å². The van der Waals surface area contributed by atoms with Crippen LogP contribution in [0.3, 0.4) is 0 Å². The van der Waals surface area contributed by atoms with E-state index in [1.165, 1.54) is 33.2 Å². The van der Waals surface area contributed by atoms with E-state index in [1.807, 2.05) is 42.7 Å². The van der Waals surface area contributed by atoms with Crippen LogP contribution in [0, 0.1) is 6.92 Å². The Morgan fingerprint density at radius 1 is 1.02 bits per heavy atom. The van der Waals surface area contributed by atoms with Crippen molar-refractivity contribution in [2.24, 2.45) is 10.2 Å². The second-order valence-electron chi connectivity index (χ2n) is 9.47. The maximum absolute atomic E-state index is 13.4. The van der Waals surface area contributed by atoms with Crippen LogP contribution in [-0.4, -0.2) is 60.6 Å². The van der Waals surface area contributed by atoms with Crippen LogP contribution < -0.4 is 32.1 Å². The van der Waals surface area contributed by atoms with Gasteiger partial charge in [0.15, 0.2) is 0 Å². The van der Waals surface area contributed by atoms with E-state index in [0.717, 1.165) is 10.6 Å². The average Bonchev–Trinajstić information content (AvgIpc) is 2.98. The smallest absolute Gasteiger partial charge is 0.433 e. The van der Waals surface area contributed by atoms with Crippen molar-refractivity contribution in [3.8, 4) is 0 Å². The largest absolute Gasteiger partial charge is 0.856 e. The zero-order chi connectivity index (χ0) is 29.7. The van der Waals surface area contributed by atoms with Crippen LogP contribution in [0.1, 0.15) is 26.5 Å². The summed E-state index contributed by atoms with van der Waals surface area (Å²) in [5.74, 6) is -0.0279. The van der Waals surface area contributed by atoms with Gasteiger partial charge in [0.2, 0.25) is 10.3 Å². The molecule has 4 rings (SSSR count). The predicted molar refractivity (Wildman–Crippen MR) is 168 cm³/mol. The van der Waals surface area contributed by atoms with Gasteiger partial charge in [-0.25, -0.2) is 4.33 Å². The lowest BCUT2D eigenvalue weighted by atomic mass is 10.4. The van der Waals surface area contributed by atoms with Crippen molar-refractivity contribution in [3.05, 3.63) is 88.3 Å². The highest BCUT2D eigenvalue weighted by Gasteiger charge is 2.35. The number of nitrogens with zero attached hydrogens (tertiary/aromatic N) is 7. The molecule has 2 aromatic carbocycles. The first kappa shape index (κ1) is 30.4. The number of hydrazone groups is 1. The third-order valence-corrected chi connectivity index (χ3v) is 11.8. The van der Waals surface area contributed by atoms with E-state index in [2.05, 4.69) is 75.3 Å². The zero-order valence-electron chi connectivity index (χ0n) is 24.1. The lowest BCUT2D eigenvalue weighted by Crippen LogP contribution is -2.55. The fraction of sp³-hybridized carbons (Fsp3) is 0.296. The van der Waals surface area contributed by atoms with Gasteiger partial charge in [0.1, 0.15) is 5.69 Å². The SMILES string of the molecule is CSC1=NNC(C)=C([O-])N1N/C(=N/n1c(SC)nnc(C)c1=O)[N+](C(C)C)=P(C)(c1ccccc1)c1ccccc1. The van der Waals surface area contributed by atoms with Crippen LogP contribution in [0.25, 0.3) is 0 Å². The summed E-state index contributed by atoms with van der Waals surface area (Å²) in [5.41, 5.74) is 6.20. The van der Waals surface area contributed by atoms with Crippen molar-refractivity contribution in [1.29, 1.82) is 0 Å². The van der Waals surface area contributed by atoms with Gasteiger partial charge in [-0.05, 0) is 46.9 Å². The van der Waals surface area contributed by atoms with Crippen LogP contribution >= 0.6 is 30.6 Å². The second kappa shape index (κ2) is 13.0. The molecule has 1 aliphatic heterocycles. The Morgan fingerprint density at radius 2 is 1.61 bits per heavy atom. The number of thioether (sulfide) groups is 2. The number of aryl methyl sites for hydroxylation is 1. The first-order chi connectivity index (χ1) is 19.6. The number of rotatable bonds is 6. The molecule has 41 heavy (non-hydrogen) atoms. The zero-order valence-corrected chi connectivity index (χ0v) is 26.6. The summed E-state index contributed by atoms with van der Waals surface area (Å²) < 4.78 is 3.41. The molecule has 0 radical (unpaired) electrons. The van der Waals surface area contributed by atoms with Crippen LogP contribution in [0.2, 0.25) is 0 Å². The van der Waals surface area contributed by atoms with Gasteiger partial charge < -0.3 is 5.11 Å². The van der Waals surface area contributed by atoms with E-state index in [0.29, 0.717) is 16.0 Å². The molecular formula is C27H34N9O2PS2. The lowest BCUT2D eigenvalue weighted by molar-refractivity contribution is -0.431. The maximum Gasteiger partial charge on any atom is 0.433 e. The molecule has 0 bridgehead atoms. The van der Waals surface area contributed by atoms with Crippen molar-refractivity contribution in [3.63, 3.8) is 0 Å². The molecule has 216 valence electrons. The highest BCUT2D eigenvalue weighted by molar-refractivity contribution is 8.13. The molecule has 0 saturated carbocycles. The highest BCUT2D eigenvalue weighted by Crippen LogP contribution is 2.43. The number of aromatic nitrogens is 3. The Balaban J connectivity index is 2.15. The molecule has 2 heterocycles. The summed E-state index contributed by atoms with van der Waals surface area (Å²) >= 11 is 2.55. The Kier molecular flexibility index (Phi) is 9.62. The molecule has 0 saturated heterocycles. The van der Waals surface area contributed by atoms with Crippen molar-refractivity contribution < 1.29 is 9.43 Å².